The summed E-state index contributed by atoms with van der Waals surface area (Å²) in [5.41, 5.74) is 0.659. The van der Waals surface area contributed by atoms with Crippen molar-refractivity contribution in [3.8, 4) is 11.5 Å². The fourth-order valence-electron chi connectivity index (χ4n) is 1.78. The number of nitrogens with zero attached hydrogens (tertiary/aromatic N) is 2. The molecule has 1 amide bonds. The van der Waals surface area contributed by atoms with E-state index < -0.39 is 0 Å². The molecule has 1 N–H and O–H groups in total. The lowest BCUT2D eigenvalue weighted by atomic mass is 10.2. The molecule has 2 heterocycles. The summed E-state index contributed by atoms with van der Waals surface area (Å²) < 4.78 is 16.1. The molecule has 1 aromatic heterocycles. The second-order valence-electron chi connectivity index (χ2n) is 4.28. The molecule has 0 bridgehead atoms. The zero-order chi connectivity index (χ0) is 14.7. The molecular weight excluding hydrogens is 294 g/mol. The van der Waals surface area contributed by atoms with Crippen LogP contribution in [0.3, 0.4) is 0 Å². The van der Waals surface area contributed by atoms with Crippen molar-refractivity contribution in [3.05, 3.63) is 24.1 Å². The lowest BCUT2D eigenvalue weighted by molar-refractivity contribution is -0.113. The molecule has 2 aromatic rings. The highest BCUT2D eigenvalue weighted by Gasteiger charge is 2.13. The highest BCUT2D eigenvalue weighted by Crippen LogP contribution is 2.32. The van der Waals surface area contributed by atoms with Crippen LogP contribution in [0.25, 0.3) is 0 Å². The van der Waals surface area contributed by atoms with Crippen LogP contribution in [-0.2, 0) is 4.79 Å². The molecule has 21 heavy (non-hydrogen) atoms. The maximum Gasteiger partial charge on any atom is 0.277 e. The van der Waals surface area contributed by atoms with Gasteiger partial charge < -0.3 is 19.2 Å². The third-order valence-electron chi connectivity index (χ3n) is 2.66. The highest BCUT2D eigenvalue weighted by atomic mass is 32.2. The first-order valence-electron chi connectivity index (χ1n) is 6.33. The summed E-state index contributed by atoms with van der Waals surface area (Å²) in [7, 11) is 0. The first-order chi connectivity index (χ1) is 10.2. The van der Waals surface area contributed by atoms with Crippen molar-refractivity contribution >= 4 is 23.4 Å². The van der Waals surface area contributed by atoms with Crippen molar-refractivity contribution in [1.29, 1.82) is 0 Å². The average Bonchev–Trinajstić information content (AvgIpc) is 2.91. The van der Waals surface area contributed by atoms with Crippen molar-refractivity contribution in [3.63, 3.8) is 0 Å². The molecule has 0 unspecified atom stereocenters. The van der Waals surface area contributed by atoms with Gasteiger partial charge in [0.15, 0.2) is 11.5 Å². The topological polar surface area (TPSA) is 86.5 Å². The van der Waals surface area contributed by atoms with E-state index in [9.17, 15) is 4.79 Å². The lowest BCUT2D eigenvalue weighted by Crippen LogP contribution is -2.17. The van der Waals surface area contributed by atoms with E-state index in [1.54, 1.807) is 25.1 Å². The van der Waals surface area contributed by atoms with Crippen LogP contribution in [0.4, 0.5) is 5.69 Å². The molecular formula is C13H13N3O4S. The van der Waals surface area contributed by atoms with Gasteiger partial charge in [0, 0.05) is 18.7 Å². The number of carbonyl (C=O) groups excluding carboxylic acids is 1. The smallest absolute Gasteiger partial charge is 0.277 e. The van der Waals surface area contributed by atoms with E-state index in [1.165, 1.54) is 11.8 Å². The number of carbonyl (C=O) groups is 1. The number of aryl methyl sites for hydroxylation is 1. The Morgan fingerprint density at radius 1 is 1.29 bits per heavy atom. The van der Waals surface area contributed by atoms with E-state index in [4.69, 9.17) is 13.9 Å². The van der Waals surface area contributed by atoms with Gasteiger partial charge in [0.25, 0.3) is 5.22 Å². The molecule has 1 aliphatic heterocycles. The third kappa shape index (κ3) is 3.46. The number of aromatic nitrogens is 2. The van der Waals surface area contributed by atoms with Crippen LogP contribution in [0.1, 0.15) is 5.89 Å². The Labute approximate surface area is 125 Å². The fourth-order valence-corrected chi connectivity index (χ4v) is 2.39. The maximum absolute atomic E-state index is 11.9. The van der Waals surface area contributed by atoms with Gasteiger partial charge in [0.1, 0.15) is 13.2 Å². The Morgan fingerprint density at radius 2 is 2.10 bits per heavy atom. The number of benzene rings is 1. The van der Waals surface area contributed by atoms with Crippen molar-refractivity contribution in [2.24, 2.45) is 0 Å². The van der Waals surface area contributed by atoms with Gasteiger partial charge in [0.2, 0.25) is 11.8 Å². The fraction of sp³-hybridized carbons (Fsp3) is 0.308. The van der Waals surface area contributed by atoms with E-state index in [-0.39, 0.29) is 11.7 Å². The predicted molar refractivity (Wildman–Crippen MR) is 75.8 cm³/mol. The molecule has 0 aliphatic carbocycles. The van der Waals surface area contributed by atoms with Gasteiger partial charge in [-0.05, 0) is 12.1 Å². The van der Waals surface area contributed by atoms with E-state index in [2.05, 4.69) is 15.5 Å². The number of hydrogen-bond acceptors (Lipinski definition) is 7. The molecule has 110 valence electrons. The molecule has 0 saturated heterocycles. The second kappa shape index (κ2) is 6.04. The van der Waals surface area contributed by atoms with E-state index >= 15 is 0 Å². The van der Waals surface area contributed by atoms with Crippen molar-refractivity contribution in [2.75, 3.05) is 24.3 Å². The quantitative estimate of drug-likeness (QED) is 0.863. The summed E-state index contributed by atoms with van der Waals surface area (Å²) in [6, 6.07) is 5.29. The molecule has 0 radical (unpaired) electrons. The predicted octanol–water partition coefficient (Wildman–Crippen LogP) is 1.88. The second-order valence-corrected chi connectivity index (χ2v) is 5.21. The highest BCUT2D eigenvalue weighted by molar-refractivity contribution is 7.99. The Kier molecular flexibility index (Phi) is 3.96. The maximum atomic E-state index is 11.9. The van der Waals surface area contributed by atoms with Crippen LogP contribution in [0, 0.1) is 6.92 Å². The van der Waals surface area contributed by atoms with Crippen molar-refractivity contribution in [2.45, 2.75) is 12.1 Å². The molecule has 0 fully saturated rings. The molecule has 0 atom stereocenters. The summed E-state index contributed by atoms with van der Waals surface area (Å²) in [5, 5.41) is 10.7. The summed E-state index contributed by atoms with van der Waals surface area (Å²) in [5.74, 6) is 1.84. The first-order valence-corrected chi connectivity index (χ1v) is 7.32. The van der Waals surface area contributed by atoms with Crippen LogP contribution in [0.5, 0.6) is 11.5 Å². The van der Waals surface area contributed by atoms with Crippen LogP contribution < -0.4 is 14.8 Å². The zero-order valence-corrected chi connectivity index (χ0v) is 12.1. The molecule has 0 spiro atoms. The number of hydrogen-bond donors (Lipinski definition) is 1. The van der Waals surface area contributed by atoms with Crippen LogP contribution >= 0.6 is 11.8 Å². The number of thioether (sulfide) groups is 1. The number of fused-ring (bicyclic) bond motifs is 1. The number of amides is 1. The van der Waals surface area contributed by atoms with Crippen LogP contribution in [0.2, 0.25) is 0 Å². The zero-order valence-electron chi connectivity index (χ0n) is 11.3. The minimum absolute atomic E-state index is 0.160. The summed E-state index contributed by atoms with van der Waals surface area (Å²) in [6.07, 6.45) is 0. The van der Waals surface area contributed by atoms with E-state index in [1.807, 2.05) is 0 Å². The largest absolute Gasteiger partial charge is 0.486 e. The van der Waals surface area contributed by atoms with E-state index in [0.717, 1.165) is 0 Å². The molecule has 3 rings (SSSR count). The van der Waals surface area contributed by atoms with Gasteiger partial charge in [-0.25, -0.2) is 0 Å². The monoisotopic (exact) mass is 307 g/mol. The number of nitrogens with one attached hydrogen (secondary N) is 1. The number of ether oxygens (including phenoxy) is 2. The molecule has 1 aliphatic rings. The normalized spacial score (nSPS) is 13.0. The van der Waals surface area contributed by atoms with Gasteiger partial charge in [-0.15, -0.1) is 10.2 Å². The standard InChI is InChI=1S/C13H13N3O4S/c1-8-15-16-13(20-8)21-7-12(17)14-9-2-3-10-11(6-9)19-5-4-18-10/h2-3,6H,4-5,7H2,1H3,(H,14,17). The minimum atomic E-state index is -0.160. The van der Waals surface area contributed by atoms with Gasteiger partial charge in [-0.2, -0.15) is 0 Å². The lowest BCUT2D eigenvalue weighted by Gasteiger charge is -2.18. The SMILES string of the molecule is Cc1nnc(SCC(=O)Nc2ccc3c(c2)OCCO3)o1. The number of rotatable bonds is 4. The Morgan fingerprint density at radius 3 is 2.86 bits per heavy atom. The first kappa shape index (κ1) is 13.7. The Hall–Kier alpha value is -2.22. The van der Waals surface area contributed by atoms with E-state index in [0.29, 0.717) is 41.5 Å². The Bertz CT molecular complexity index is 659. The average molecular weight is 307 g/mol. The summed E-state index contributed by atoms with van der Waals surface area (Å²) >= 11 is 1.19. The molecule has 0 saturated carbocycles. The third-order valence-corrected chi connectivity index (χ3v) is 3.48. The number of anilines is 1. The van der Waals surface area contributed by atoms with Crippen molar-refractivity contribution in [1.82, 2.24) is 10.2 Å². The molecule has 1 aromatic carbocycles. The molecule has 8 heteroatoms. The van der Waals surface area contributed by atoms with Crippen LogP contribution in [0.15, 0.2) is 27.8 Å². The van der Waals surface area contributed by atoms with Gasteiger partial charge in [-0.1, -0.05) is 11.8 Å². The van der Waals surface area contributed by atoms with Crippen LogP contribution in [-0.4, -0.2) is 35.1 Å². The van der Waals surface area contributed by atoms with Gasteiger partial charge in [-0.3, -0.25) is 4.79 Å². The summed E-state index contributed by atoms with van der Waals surface area (Å²) in [6.45, 7) is 2.75. The molecule has 7 nitrogen and oxygen atoms in total. The Balaban J connectivity index is 1.57. The van der Waals surface area contributed by atoms with Gasteiger partial charge in [0.05, 0.1) is 5.75 Å². The van der Waals surface area contributed by atoms with Crippen molar-refractivity contribution < 1.29 is 18.7 Å². The summed E-state index contributed by atoms with van der Waals surface area (Å²) in [4.78, 5) is 11.9. The van der Waals surface area contributed by atoms with Gasteiger partial charge >= 0.3 is 0 Å². The minimum Gasteiger partial charge on any atom is -0.486 e.